The molecule has 20 heavy (non-hydrogen) atoms. The molecule has 2 rings (SSSR count). The van der Waals surface area contributed by atoms with Gasteiger partial charge in [-0.15, -0.1) is 11.6 Å². The summed E-state index contributed by atoms with van der Waals surface area (Å²) >= 11 is 6.05. The molecule has 1 N–H and O–H groups in total. The number of amides is 1. The Morgan fingerprint density at radius 3 is 2.15 bits per heavy atom. The summed E-state index contributed by atoms with van der Waals surface area (Å²) in [4.78, 5) is 12.1. The number of hydrogen-bond acceptors (Lipinski definition) is 1. The van der Waals surface area contributed by atoms with Gasteiger partial charge in [0.1, 0.15) is 0 Å². The summed E-state index contributed by atoms with van der Waals surface area (Å²) < 4.78 is 0. The molecule has 2 saturated carbocycles. The Labute approximate surface area is 129 Å². The Morgan fingerprint density at radius 2 is 1.50 bits per heavy atom. The van der Waals surface area contributed by atoms with Gasteiger partial charge < -0.3 is 5.32 Å². The Bertz CT molecular complexity index is 287. The minimum Gasteiger partial charge on any atom is -0.356 e. The van der Waals surface area contributed by atoms with Crippen molar-refractivity contribution in [3.8, 4) is 0 Å². The maximum Gasteiger partial charge on any atom is 0.220 e. The first-order chi connectivity index (χ1) is 9.79. The van der Waals surface area contributed by atoms with Gasteiger partial charge in [-0.05, 0) is 43.4 Å². The van der Waals surface area contributed by atoms with Crippen molar-refractivity contribution in [2.75, 3.05) is 12.4 Å². The molecule has 0 saturated heterocycles. The number of rotatable bonds is 5. The van der Waals surface area contributed by atoms with Crippen LogP contribution in [-0.4, -0.2) is 18.3 Å². The fraction of sp³-hybridized carbons (Fsp3) is 0.941. The van der Waals surface area contributed by atoms with Crippen LogP contribution in [0.5, 0.6) is 0 Å². The predicted molar refractivity (Wildman–Crippen MR) is 85.0 cm³/mol. The fourth-order valence-electron chi connectivity index (χ4n) is 3.90. The molecule has 2 aliphatic rings. The highest BCUT2D eigenvalue weighted by Gasteiger charge is 2.25. The van der Waals surface area contributed by atoms with Crippen LogP contribution in [0.1, 0.15) is 70.6 Å². The van der Waals surface area contributed by atoms with Crippen molar-refractivity contribution >= 4 is 17.5 Å². The number of carbonyl (C=O) groups excluding carboxylic acids is 1. The first-order valence-corrected chi connectivity index (χ1v) is 9.15. The third-order valence-corrected chi connectivity index (χ3v) is 5.67. The van der Waals surface area contributed by atoms with E-state index in [9.17, 15) is 4.79 Å². The van der Waals surface area contributed by atoms with E-state index in [4.69, 9.17) is 11.6 Å². The van der Waals surface area contributed by atoms with Gasteiger partial charge in [0.25, 0.3) is 0 Å². The van der Waals surface area contributed by atoms with Crippen LogP contribution < -0.4 is 5.32 Å². The molecule has 116 valence electrons. The minimum absolute atomic E-state index is 0.274. The van der Waals surface area contributed by atoms with Crippen LogP contribution in [0.15, 0.2) is 0 Å². The maximum absolute atomic E-state index is 12.1. The van der Waals surface area contributed by atoms with Gasteiger partial charge >= 0.3 is 0 Å². The molecule has 0 aromatic carbocycles. The van der Waals surface area contributed by atoms with Crippen LogP contribution in [0.3, 0.4) is 0 Å². The lowest BCUT2D eigenvalue weighted by Crippen LogP contribution is -2.35. The molecule has 2 nitrogen and oxygen atoms in total. The van der Waals surface area contributed by atoms with E-state index in [0.29, 0.717) is 17.8 Å². The molecule has 1 amide bonds. The number of halogens is 1. The average molecular weight is 300 g/mol. The quantitative estimate of drug-likeness (QED) is 0.587. The monoisotopic (exact) mass is 299 g/mol. The highest BCUT2D eigenvalue weighted by atomic mass is 35.5. The van der Waals surface area contributed by atoms with E-state index in [2.05, 4.69) is 5.32 Å². The Balaban J connectivity index is 1.68. The fourth-order valence-corrected chi connectivity index (χ4v) is 4.31. The van der Waals surface area contributed by atoms with Crippen molar-refractivity contribution in [2.24, 2.45) is 17.8 Å². The largest absolute Gasteiger partial charge is 0.356 e. The van der Waals surface area contributed by atoms with Crippen LogP contribution in [0, 0.1) is 17.8 Å². The minimum atomic E-state index is 0.274. The lowest BCUT2D eigenvalue weighted by atomic mass is 9.80. The molecule has 2 fully saturated rings. The molecule has 0 spiro atoms. The van der Waals surface area contributed by atoms with E-state index in [0.717, 1.165) is 18.8 Å². The van der Waals surface area contributed by atoms with E-state index in [-0.39, 0.29) is 5.91 Å². The van der Waals surface area contributed by atoms with Gasteiger partial charge in [-0.2, -0.15) is 0 Å². The van der Waals surface area contributed by atoms with Gasteiger partial charge in [-0.1, -0.05) is 38.5 Å². The van der Waals surface area contributed by atoms with E-state index < -0.39 is 0 Å². The first-order valence-electron chi connectivity index (χ1n) is 8.62. The second kappa shape index (κ2) is 8.92. The normalized spacial score (nSPS) is 28.9. The molecule has 3 heteroatoms. The number of alkyl halides is 1. The zero-order valence-electron chi connectivity index (χ0n) is 12.7. The Hall–Kier alpha value is -0.240. The molecule has 0 radical (unpaired) electrons. The van der Waals surface area contributed by atoms with E-state index in [1.807, 2.05) is 0 Å². The van der Waals surface area contributed by atoms with Crippen molar-refractivity contribution in [1.82, 2.24) is 5.32 Å². The number of nitrogens with one attached hydrogen (secondary N) is 1. The van der Waals surface area contributed by atoms with Crippen LogP contribution in [0.2, 0.25) is 0 Å². The molecular weight excluding hydrogens is 270 g/mol. The topological polar surface area (TPSA) is 29.1 Å². The lowest BCUT2D eigenvalue weighted by molar-refractivity contribution is -0.122. The van der Waals surface area contributed by atoms with Gasteiger partial charge in [0.05, 0.1) is 0 Å². The highest BCUT2D eigenvalue weighted by Crippen LogP contribution is 2.30. The standard InChI is InChI=1S/C17H30ClNO/c18-12-15-9-5-6-10-16(15)13-19-17(20)11-14-7-3-1-2-4-8-14/h14-16H,1-13H2,(H,19,20). The molecule has 0 aromatic heterocycles. The third kappa shape index (κ3) is 5.27. The molecule has 0 aromatic rings. The van der Waals surface area contributed by atoms with Gasteiger partial charge in [-0.25, -0.2) is 0 Å². The van der Waals surface area contributed by atoms with E-state index >= 15 is 0 Å². The smallest absolute Gasteiger partial charge is 0.220 e. The molecule has 0 aliphatic heterocycles. The Kier molecular flexibility index (Phi) is 7.19. The Morgan fingerprint density at radius 1 is 0.900 bits per heavy atom. The van der Waals surface area contributed by atoms with E-state index in [1.165, 1.54) is 64.2 Å². The van der Waals surface area contributed by atoms with Crippen LogP contribution >= 0.6 is 11.6 Å². The van der Waals surface area contributed by atoms with Crippen molar-refractivity contribution in [2.45, 2.75) is 70.6 Å². The molecule has 2 aliphatic carbocycles. The third-order valence-electron chi connectivity index (χ3n) is 5.27. The zero-order chi connectivity index (χ0) is 14.2. The number of hydrogen-bond donors (Lipinski definition) is 1. The summed E-state index contributed by atoms with van der Waals surface area (Å²) in [5.41, 5.74) is 0. The summed E-state index contributed by atoms with van der Waals surface area (Å²) in [6.07, 6.45) is 13.7. The SMILES string of the molecule is O=C(CC1CCCCCC1)NCC1CCCCC1CCl. The average Bonchev–Trinajstić information content (AvgIpc) is 2.74. The van der Waals surface area contributed by atoms with Gasteiger partial charge in [0.2, 0.25) is 5.91 Å². The van der Waals surface area contributed by atoms with Crippen LogP contribution in [-0.2, 0) is 4.79 Å². The summed E-state index contributed by atoms with van der Waals surface area (Å²) in [6, 6.07) is 0. The van der Waals surface area contributed by atoms with Gasteiger partial charge in [0.15, 0.2) is 0 Å². The molecule has 2 unspecified atom stereocenters. The summed E-state index contributed by atoms with van der Waals surface area (Å²) in [7, 11) is 0. The van der Waals surface area contributed by atoms with Crippen molar-refractivity contribution < 1.29 is 4.79 Å². The molecule has 0 bridgehead atoms. The van der Waals surface area contributed by atoms with Crippen molar-refractivity contribution in [3.63, 3.8) is 0 Å². The first kappa shape index (κ1) is 16.1. The lowest BCUT2D eigenvalue weighted by Gasteiger charge is -2.30. The van der Waals surface area contributed by atoms with Crippen LogP contribution in [0.4, 0.5) is 0 Å². The second-order valence-corrected chi connectivity index (χ2v) is 7.13. The maximum atomic E-state index is 12.1. The zero-order valence-corrected chi connectivity index (χ0v) is 13.5. The summed E-state index contributed by atoms with van der Waals surface area (Å²) in [5, 5.41) is 3.19. The number of carbonyl (C=O) groups is 1. The molecule has 0 heterocycles. The molecule has 2 atom stereocenters. The van der Waals surface area contributed by atoms with Crippen LogP contribution in [0.25, 0.3) is 0 Å². The summed E-state index contributed by atoms with van der Waals surface area (Å²) in [6.45, 7) is 0.850. The second-order valence-electron chi connectivity index (χ2n) is 6.82. The van der Waals surface area contributed by atoms with Gasteiger partial charge in [-0.3, -0.25) is 4.79 Å². The molecular formula is C17H30ClNO. The predicted octanol–water partition coefficient (Wildman–Crippen LogP) is 4.51. The van der Waals surface area contributed by atoms with E-state index in [1.54, 1.807) is 0 Å². The van der Waals surface area contributed by atoms with Crippen molar-refractivity contribution in [1.29, 1.82) is 0 Å². The highest BCUT2D eigenvalue weighted by molar-refractivity contribution is 6.18. The van der Waals surface area contributed by atoms with Gasteiger partial charge in [0, 0.05) is 18.8 Å². The van der Waals surface area contributed by atoms with Crippen molar-refractivity contribution in [3.05, 3.63) is 0 Å². The summed E-state index contributed by atoms with van der Waals surface area (Å²) in [5.74, 6) is 2.88.